The maximum atomic E-state index is 12.9. The van der Waals surface area contributed by atoms with Crippen molar-refractivity contribution in [1.82, 2.24) is 4.90 Å². The van der Waals surface area contributed by atoms with Crippen LogP contribution in [0.1, 0.15) is 27.6 Å². The minimum Gasteiger partial charge on any atom is -0.497 e. The van der Waals surface area contributed by atoms with Gasteiger partial charge in [-0.25, -0.2) is 8.42 Å². The summed E-state index contributed by atoms with van der Waals surface area (Å²) in [6, 6.07) is 14.4. The number of rotatable bonds is 3. The Balaban J connectivity index is 1.85. The first-order chi connectivity index (χ1) is 12.4. The number of sulfone groups is 1. The van der Waals surface area contributed by atoms with Crippen molar-refractivity contribution in [1.29, 1.82) is 0 Å². The predicted molar refractivity (Wildman–Crippen MR) is 104 cm³/mol. The first-order valence-corrected chi connectivity index (χ1v) is 10.8. The van der Waals surface area contributed by atoms with E-state index in [4.69, 9.17) is 4.74 Å². The lowest BCUT2D eigenvalue weighted by atomic mass is 10.1. The number of ether oxygens (including phenoxy) is 1. The lowest BCUT2D eigenvalue weighted by Crippen LogP contribution is -2.33. The molecule has 1 aliphatic heterocycles. The molecular weight excluding hydrogens is 418 g/mol. The molecule has 1 amide bonds. The average Bonchev–Trinajstić information content (AvgIpc) is 2.80. The van der Waals surface area contributed by atoms with Gasteiger partial charge in [0.15, 0.2) is 9.84 Å². The van der Waals surface area contributed by atoms with Crippen LogP contribution in [0.25, 0.3) is 0 Å². The summed E-state index contributed by atoms with van der Waals surface area (Å²) in [6.45, 7) is 0.579. The molecule has 0 aliphatic carbocycles. The van der Waals surface area contributed by atoms with E-state index in [-0.39, 0.29) is 18.2 Å². The molecular formula is C19H20BrNO4S. The number of carbonyl (C=O) groups excluding carboxylic acids is 1. The summed E-state index contributed by atoms with van der Waals surface area (Å²) in [7, 11) is -1.77. The molecule has 7 heteroatoms. The first-order valence-electron chi connectivity index (χ1n) is 8.31. The van der Waals surface area contributed by atoms with Crippen LogP contribution in [-0.2, 0) is 9.84 Å². The summed E-state index contributed by atoms with van der Waals surface area (Å²) in [4.78, 5) is 14.6. The Bertz CT molecular complexity index is 899. The molecule has 3 rings (SSSR count). The molecule has 1 fully saturated rings. The third-order valence-corrected chi connectivity index (χ3v) is 7.42. The van der Waals surface area contributed by atoms with Crippen LogP contribution in [0.15, 0.2) is 53.0 Å². The lowest BCUT2D eigenvalue weighted by molar-refractivity contribution is 0.0765. The molecule has 2 aromatic carbocycles. The van der Waals surface area contributed by atoms with Crippen LogP contribution in [0.2, 0.25) is 0 Å². The van der Waals surface area contributed by atoms with Crippen LogP contribution in [0, 0.1) is 0 Å². The van der Waals surface area contributed by atoms with E-state index in [1.807, 2.05) is 30.3 Å². The van der Waals surface area contributed by atoms with Gasteiger partial charge in [0.05, 0.1) is 23.7 Å². The van der Waals surface area contributed by atoms with Crippen LogP contribution in [-0.4, -0.2) is 45.2 Å². The normalized spacial score (nSPS) is 19.6. The number of hydrogen-bond donors (Lipinski definition) is 0. The molecule has 0 bridgehead atoms. The Morgan fingerprint density at radius 3 is 2.58 bits per heavy atom. The maximum Gasteiger partial charge on any atom is 0.255 e. The van der Waals surface area contributed by atoms with Gasteiger partial charge in [0.1, 0.15) is 5.75 Å². The highest BCUT2D eigenvalue weighted by atomic mass is 79.9. The predicted octanol–water partition coefficient (Wildman–Crippen LogP) is 3.46. The van der Waals surface area contributed by atoms with E-state index < -0.39 is 15.1 Å². The van der Waals surface area contributed by atoms with Crippen molar-refractivity contribution in [3.63, 3.8) is 0 Å². The quantitative estimate of drug-likeness (QED) is 0.737. The Morgan fingerprint density at radius 1 is 1.15 bits per heavy atom. The molecule has 1 saturated heterocycles. The third-order valence-electron chi connectivity index (χ3n) is 4.60. The Morgan fingerprint density at radius 2 is 1.88 bits per heavy atom. The third kappa shape index (κ3) is 3.94. The fourth-order valence-electron chi connectivity index (χ4n) is 3.15. The smallest absolute Gasteiger partial charge is 0.255 e. The fraction of sp³-hybridized carbons (Fsp3) is 0.316. The monoisotopic (exact) mass is 437 g/mol. The average molecular weight is 438 g/mol. The molecule has 26 heavy (non-hydrogen) atoms. The van der Waals surface area contributed by atoms with Crippen molar-refractivity contribution >= 4 is 31.7 Å². The van der Waals surface area contributed by atoms with Crippen molar-refractivity contribution in [3.8, 4) is 5.75 Å². The number of halogens is 1. The zero-order chi connectivity index (χ0) is 18.7. The summed E-state index contributed by atoms with van der Waals surface area (Å²) >= 11 is 3.40. The van der Waals surface area contributed by atoms with Crippen LogP contribution in [0.5, 0.6) is 5.75 Å². The van der Waals surface area contributed by atoms with Crippen molar-refractivity contribution in [2.24, 2.45) is 0 Å². The molecule has 0 spiro atoms. The van der Waals surface area contributed by atoms with E-state index in [2.05, 4.69) is 15.9 Å². The number of carbonyl (C=O) groups is 1. The van der Waals surface area contributed by atoms with Crippen molar-refractivity contribution < 1.29 is 17.9 Å². The SMILES string of the molecule is COc1ccc(Br)c(C(=O)N2CCC(c3ccccc3)S(=O)(=O)CC2)c1. The van der Waals surface area contributed by atoms with E-state index in [0.29, 0.717) is 28.8 Å². The van der Waals surface area contributed by atoms with Gasteiger partial charge in [0, 0.05) is 17.6 Å². The summed E-state index contributed by atoms with van der Waals surface area (Å²) in [6.07, 6.45) is 0.389. The second kappa shape index (κ2) is 7.80. The lowest BCUT2D eigenvalue weighted by Gasteiger charge is -2.21. The number of amides is 1. The van der Waals surface area contributed by atoms with E-state index >= 15 is 0 Å². The van der Waals surface area contributed by atoms with E-state index in [1.165, 1.54) is 0 Å². The largest absolute Gasteiger partial charge is 0.497 e. The number of hydrogen-bond acceptors (Lipinski definition) is 4. The van der Waals surface area contributed by atoms with E-state index in [1.54, 1.807) is 30.2 Å². The Kier molecular flexibility index (Phi) is 5.67. The minimum atomic E-state index is -3.31. The highest BCUT2D eigenvalue weighted by Gasteiger charge is 2.33. The Labute approximate surface area is 162 Å². The first kappa shape index (κ1) is 18.9. The van der Waals surface area contributed by atoms with Crippen molar-refractivity contribution in [3.05, 3.63) is 64.1 Å². The van der Waals surface area contributed by atoms with Gasteiger partial charge in [-0.1, -0.05) is 30.3 Å². The van der Waals surface area contributed by atoms with Crippen LogP contribution >= 0.6 is 15.9 Å². The molecule has 2 aromatic rings. The molecule has 0 saturated carbocycles. The molecule has 0 N–H and O–H groups in total. The van der Waals surface area contributed by atoms with Gasteiger partial charge in [-0.05, 0) is 46.1 Å². The molecule has 138 valence electrons. The van der Waals surface area contributed by atoms with Gasteiger partial charge < -0.3 is 9.64 Å². The Hall–Kier alpha value is -1.86. The van der Waals surface area contributed by atoms with Gasteiger partial charge in [0.2, 0.25) is 0 Å². The van der Waals surface area contributed by atoms with Crippen LogP contribution in [0.3, 0.4) is 0 Å². The maximum absolute atomic E-state index is 12.9. The minimum absolute atomic E-state index is 0.0418. The van der Waals surface area contributed by atoms with Crippen molar-refractivity contribution in [2.45, 2.75) is 11.7 Å². The number of methoxy groups -OCH3 is 1. The zero-order valence-corrected chi connectivity index (χ0v) is 16.8. The van der Waals surface area contributed by atoms with E-state index in [9.17, 15) is 13.2 Å². The standard InChI is InChI=1S/C19H20BrNO4S/c1-25-15-7-8-17(20)16(13-15)19(22)21-10-9-18(26(23,24)12-11-21)14-5-3-2-4-6-14/h2-8,13,18H,9-12H2,1H3. The van der Waals surface area contributed by atoms with Gasteiger partial charge in [-0.3, -0.25) is 4.79 Å². The molecule has 0 radical (unpaired) electrons. The molecule has 1 atom stereocenters. The van der Waals surface area contributed by atoms with Gasteiger partial charge >= 0.3 is 0 Å². The second-order valence-corrected chi connectivity index (χ2v) is 9.35. The van der Waals surface area contributed by atoms with E-state index in [0.717, 1.165) is 5.56 Å². The van der Waals surface area contributed by atoms with Crippen LogP contribution < -0.4 is 4.74 Å². The van der Waals surface area contributed by atoms with Gasteiger partial charge in [-0.15, -0.1) is 0 Å². The molecule has 1 aliphatic rings. The fourth-order valence-corrected chi connectivity index (χ4v) is 5.37. The number of nitrogens with zero attached hydrogens (tertiary/aromatic N) is 1. The molecule has 1 heterocycles. The summed E-state index contributed by atoms with van der Waals surface area (Å²) in [5, 5.41) is -0.574. The summed E-state index contributed by atoms with van der Waals surface area (Å²) in [5.74, 6) is 0.348. The zero-order valence-electron chi connectivity index (χ0n) is 14.4. The topological polar surface area (TPSA) is 63.7 Å². The van der Waals surface area contributed by atoms with Crippen LogP contribution in [0.4, 0.5) is 0 Å². The molecule has 5 nitrogen and oxygen atoms in total. The summed E-state index contributed by atoms with van der Waals surface area (Å²) < 4.78 is 31.3. The number of benzene rings is 2. The van der Waals surface area contributed by atoms with Gasteiger partial charge in [0.25, 0.3) is 5.91 Å². The molecule has 0 aromatic heterocycles. The highest BCUT2D eigenvalue weighted by Crippen LogP contribution is 2.31. The summed E-state index contributed by atoms with van der Waals surface area (Å²) in [5.41, 5.74) is 1.25. The van der Waals surface area contributed by atoms with Crippen molar-refractivity contribution in [2.75, 3.05) is 26.0 Å². The van der Waals surface area contributed by atoms with Gasteiger partial charge in [-0.2, -0.15) is 0 Å². The molecule has 1 unspecified atom stereocenters. The highest BCUT2D eigenvalue weighted by molar-refractivity contribution is 9.10. The second-order valence-electron chi connectivity index (χ2n) is 6.19.